The number of carbonyl (C=O) groups is 1. The Bertz CT molecular complexity index is 917. The fourth-order valence-corrected chi connectivity index (χ4v) is 3.42. The van der Waals surface area contributed by atoms with Gasteiger partial charge in [-0.05, 0) is 61.9 Å². The maximum absolute atomic E-state index is 10.9. The number of aromatic nitrogens is 1. The van der Waals surface area contributed by atoms with Crippen LogP contribution in [0.5, 0.6) is 5.75 Å². The van der Waals surface area contributed by atoms with Crippen molar-refractivity contribution in [2.24, 2.45) is 0 Å². The lowest BCUT2D eigenvalue weighted by Crippen LogP contribution is -1.96. The average molecular weight is 354 g/mol. The van der Waals surface area contributed by atoms with Gasteiger partial charge in [0.05, 0.1) is 18.4 Å². The van der Waals surface area contributed by atoms with Gasteiger partial charge in [-0.3, -0.25) is 0 Å². The first-order chi connectivity index (χ1) is 12.0. The summed E-state index contributed by atoms with van der Waals surface area (Å²) in [5, 5.41) is 12.9. The minimum atomic E-state index is -0.936. The van der Waals surface area contributed by atoms with Crippen molar-refractivity contribution in [2.45, 2.75) is 13.8 Å². The summed E-state index contributed by atoms with van der Waals surface area (Å²) >= 11 is 1.56. The minimum Gasteiger partial charge on any atom is -0.496 e. The Morgan fingerprint density at radius 2 is 1.88 bits per heavy atom. The first kappa shape index (κ1) is 17.0. The highest BCUT2D eigenvalue weighted by molar-refractivity contribution is 7.16. The molecule has 25 heavy (non-hydrogen) atoms. The second kappa shape index (κ2) is 6.94. The van der Waals surface area contributed by atoms with Crippen molar-refractivity contribution in [3.63, 3.8) is 0 Å². The van der Waals surface area contributed by atoms with Gasteiger partial charge in [-0.25, -0.2) is 9.78 Å². The van der Waals surface area contributed by atoms with Crippen LogP contribution in [0.15, 0.2) is 42.5 Å². The zero-order valence-electron chi connectivity index (χ0n) is 14.2. The molecule has 0 fully saturated rings. The molecule has 0 spiro atoms. The Balaban J connectivity index is 1.85. The summed E-state index contributed by atoms with van der Waals surface area (Å²) < 4.78 is 5.30. The van der Waals surface area contributed by atoms with Crippen molar-refractivity contribution in [1.82, 2.24) is 4.98 Å². The number of hydrogen-bond acceptors (Lipinski definition) is 5. The van der Waals surface area contributed by atoms with Crippen molar-refractivity contribution < 1.29 is 14.6 Å². The maximum Gasteiger partial charge on any atom is 0.335 e. The third-order valence-corrected chi connectivity index (χ3v) is 4.73. The van der Waals surface area contributed by atoms with Gasteiger partial charge in [-0.1, -0.05) is 0 Å². The smallest absolute Gasteiger partial charge is 0.335 e. The quantitative estimate of drug-likeness (QED) is 0.683. The van der Waals surface area contributed by atoms with E-state index >= 15 is 0 Å². The lowest BCUT2D eigenvalue weighted by atomic mass is 10.1. The highest BCUT2D eigenvalue weighted by Gasteiger charge is 2.12. The van der Waals surface area contributed by atoms with Crippen LogP contribution in [-0.2, 0) is 0 Å². The van der Waals surface area contributed by atoms with E-state index in [4.69, 9.17) is 9.84 Å². The van der Waals surface area contributed by atoms with E-state index < -0.39 is 5.97 Å². The molecule has 0 bridgehead atoms. The lowest BCUT2D eigenvalue weighted by molar-refractivity contribution is 0.0697. The molecular formula is C19H18N2O3S. The van der Waals surface area contributed by atoms with E-state index in [1.165, 1.54) is 0 Å². The maximum atomic E-state index is 10.9. The van der Waals surface area contributed by atoms with Crippen LogP contribution in [0.3, 0.4) is 0 Å². The molecule has 0 aliphatic carbocycles. The molecule has 0 atom stereocenters. The number of anilines is 2. The van der Waals surface area contributed by atoms with Gasteiger partial charge in [0.25, 0.3) is 0 Å². The number of hydrogen-bond donors (Lipinski definition) is 2. The lowest BCUT2D eigenvalue weighted by Gasteiger charge is -2.06. The van der Waals surface area contributed by atoms with E-state index in [0.29, 0.717) is 0 Å². The fraction of sp³-hybridized carbons (Fsp3) is 0.158. The molecule has 2 N–H and O–H groups in total. The summed E-state index contributed by atoms with van der Waals surface area (Å²) in [6, 6.07) is 12.6. The highest BCUT2D eigenvalue weighted by Crippen LogP contribution is 2.33. The van der Waals surface area contributed by atoms with Crippen LogP contribution in [0.2, 0.25) is 0 Å². The van der Waals surface area contributed by atoms with Crippen LogP contribution < -0.4 is 10.1 Å². The number of thiazole rings is 1. The Kier molecular flexibility index (Phi) is 4.72. The molecule has 2 aromatic carbocycles. The zero-order chi connectivity index (χ0) is 18.0. The topological polar surface area (TPSA) is 71.5 Å². The molecule has 0 saturated carbocycles. The van der Waals surface area contributed by atoms with Gasteiger partial charge in [-0.15, -0.1) is 11.3 Å². The summed E-state index contributed by atoms with van der Waals surface area (Å²) in [6.45, 7) is 4.04. The van der Waals surface area contributed by atoms with Crippen LogP contribution >= 0.6 is 11.3 Å². The molecule has 0 saturated heterocycles. The zero-order valence-corrected chi connectivity index (χ0v) is 15.0. The first-order valence-electron chi connectivity index (χ1n) is 7.70. The molecule has 0 radical (unpaired) electrons. The number of aromatic carboxylic acids is 1. The van der Waals surface area contributed by atoms with Crippen LogP contribution in [-0.4, -0.2) is 23.2 Å². The fourth-order valence-electron chi connectivity index (χ4n) is 2.56. The van der Waals surface area contributed by atoms with Gasteiger partial charge in [-0.2, -0.15) is 0 Å². The molecular weight excluding hydrogens is 336 g/mol. The Morgan fingerprint density at radius 3 is 2.48 bits per heavy atom. The Labute approximate surface area is 149 Å². The van der Waals surface area contributed by atoms with Gasteiger partial charge < -0.3 is 15.2 Å². The van der Waals surface area contributed by atoms with E-state index in [9.17, 15) is 4.79 Å². The van der Waals surface area contributed by atoms with Crippen molar-refractivity contribution in [3.8, 4) is 17.0 Å². The summed E-state index contributed by atoms with van der Waals surface area (Å²) in [6.07, 6.45) is 0. The van der Waals surface area contributed by atoms with Crippen LogP contribution in [0, 0.1) is 13.8 Å². The number of carboxylic acid groups (broad SMARTS) is 1. The largest absolute Gasteiger partial charge is 0.496 e. The number of nitrogens with zero attached hydrogens (tertiary/aromatic N) is 1. The SMILES string of the molecule is COc1ccc(-c2nc(Nc3ccc(C(=O)O)cc3)sc2C)cc1C. The number of carboxylic acids is 1. The number of ether oxygens (including phenoxy) is 1. The van der Waals surface area contributed by atoms with E-state index in [2.05, 4.69) is 16.4 Å². The molecule has 3 rings (SSSR count). The number of aryl methyl sites for hydroxylation is 2. The first-order valence-corrected chi connectivity index (χ1v) is 8.52. The van der Waals surface area contributed by atoms with Gasteiger partial charge in [0.1, 0.15) is 5.75 Å². The second-order valence-corrected chi connectivity index (χ2v) is 6.82. The van der Waals surface area contributed by atoms with E-state index in [1.807, 2.05) is 26.0 Å². The standard InChI is InChI=1S/C19H18N2O3S/c1-11-10-14(6-9-16(11)24-3)17-12(2)25-19(21-17)20-15-7-4-13(5-8-15)18(22)23/h4-10H,1-3H3,(H,20,21)(H,22,23). The molecule has 0 amide bonds. The Hall–Kier alpha value is -2.86. The van der Waals surface area contributed by atoms with Crippen LogP contribution in [0.4, 0.5) is 10.8 Å². The van der Waals surface area contributed by atoms with Crippen molar-refractivity contribution in [2.75, 3.05) is 12.4 Å². The third kappa shape index (κ3) is 3.64. The van der Waals surface area contributed by atoms with Gasteiger partial charge >= 0.3 is 5.97 Å². The third-order valence-electron chi connectivity index (χ3n) is 3.85. The Morgan fingerprint density at radius 1 is 1.16 bits per heavy atom. The average Bonchev–Trinajstić information content (AvgIpc) is 2.95. The van der Waals surface area contributed by atoms with E-state index in [1.54, 1.807) is 42.7 Å². The molecule has 128 valence electrons. The predicted molar refractivity (Wildman–Crippen MR) is 100 cm³/mol. The van der Waals surface area contributed by atoms with Gasteiger partial charge in [0.15, 0.2) is 5.13 Å². The van der Waals surface area contributed by atoms with Gasteiger partial charge in [0, 0.05) is 16.1 Å². The second-order valence-electron chi connectivity index (χ2n) is 5.62. The molecule has 0 unspecified atom stereocenters. The van der Waals surface area contributed by atoms with Crippen molar-refractivity contribution in [3.05, 3.63) is 58.5 Å². The van der Waals surface area contributed by atoms with E-state index in [0.717, 1.165) is 38.3 Å². The molecule has 5 nitrogen and oxygen atoms in total. The van der Waals surface area contributed by atoms with Crippen LogP contribution in [0.1, 0.15) is 20.8 Å². The van der Waals surface area contributed by atoms with Crippen LogP contribution in [0.25, 0.3) is 11.3 Å². The molecule has 0 aliphatic rings. The summed E-state index contributed by atoms with van der Waals surface area (Å²) in [5.74, 6) is -0.0812. The van der Waals surface area contributed by atoms with Crippen molar-refractivity contribution >= 4 is 28.1 Å². The normalized spacial score (nSPS) is 10.5. The summed E-state index contributed by atoms with van der Waals surface area (Å²) in [7, 11) is 1.66. The number of rotatable bonds is 5. The number of nitrogens with one attached hydrogen (secondary N) is 1. The van der Waals surface area contributed by atoms with Gasteiger partial charge in [0.2, 0.25) is 0 Å². The molecule has 6 heteroatoms. The van der Waals surface area contributed by atoms with E-state index in [-0.39, 0.29) is 5.56 Å². The summed E-state index contributed by atoms with van der Waals surface area (Å²) in [5.41, 5.74) is 4.10. The molecule has 3 aromatic rings. The summed E-state index contributed by atoms with van der Waals surface area (Å²) in [4.78, 5) is 16.7. The van der Waals surface area contributed by atoms with Crippen molar-refractivity contribution in [1.29, 1.82) is 0 Å². The predicted octanol–water partition coefficient (Wildman–Crippen LogP) is 4.88. The molecule has 1 heterocycles. The number of methoxy groups -OCH3 is 1. The molecule has 1 aromatic heterocycles. The monoisotopic (exact) mass is 354 g/mol. The minimum absolute atomic E-state index is 0.260. The number of benzene rings is 2. The molecule has 0 aliphatic heterocycles. The highest BCUT2D eigenvalue weighted by atomic mass is 32.1.